The molecule has 0 aliphatic carbocycles. The van der Waals surface area contributed by atoms with Gasteiger partial charge in [-0.2, -0.15) is 0 Å². The van der Waals surface area contributed by atoms with E-state index in [0.717, 1.165) is 12.1 Å². The molecule has 0 saturated heterocycles. The summed E-state index contributed by atoms with van der Waals surface area (Å²) in [5.74, 6) is 0. The maximum atomic E-state index is 6.14. The lowest BCUT2D eigenvalue weighted by atomic mass is 9.93. The second-order valence-corrected chi connectivity index (χ2v) is 4.67. The van der Waals surface area contributed by atoms with E-state index in [1.54, 1.807) is 0 Å². The van der Waals surface area contributed by atoms with E-state index in [1.807, 2.05) is 6.07 Å². The molecule has 0 bridgehead atoms. The van der Waals surface area contributed by atoms with E-state index in [9.17, 15) is 0 Å². The van der Waals surface area contributed by atoms with Crippen molar-refractivity contribution in [1.29, 1.82) is 0 Å². The van der Waals surface area contributed by atoms with Crippen molar-refractivity contribution >= 4 is 5.69 Å². The van der Waals surface area contributed by atoms with Gasteiger partial charge in [0.05, 0.1) is 0 Å². The van der Waals surface area contributed by atoms with Gasteiger partial charge in [0.2, 0.25) is 0 Å². The van der Waals surface area contributed by atoms with Crippen LogP contribution in [-0.2, 0) is 6.42 Å². The fourth-order valence-corrected chi connectivity index (χ4v) is 2.20. The predicted octanol–water partition coefficient (Wildman–Crippen LogP) is 3.78. The van der Waals surface area contributed by atoms with E-state index < -0.39 is 0 Å². The molecule has 0 radical (unpaired) electrons. The number of nitrogens with two attached hydrogens (primary N) is 1. The molecule has 2 aromatic carbocycles. The first-order valence-corrected chi connectivity index (χ1v) is 5.98. The Kier molecular flexibility index (Phi) is 3.19. The van der Waals surface area contributed by atoms with Crippen molar-refractivity contribution in [3.63, 3.8) is 0 Å². The van der Waals surface area contributed by atoms with Gasteiger partial charge >= 0.3 is 0 Å². The molecule has 88 valence electrons. The largest absolute Gasteiger partial charge is 0.398 e. The van der Waals surface area contributed by atoms with Gasteiger partial charge in [0.15, 0.2) is 0 Å². The van der Waals surface area contributed by atoms with Crippen molar-refractivity contribution in [2.24, 2.45) is 0 Å². The summed E-state index contributed by atoms with van der Waals surface area (Å²) in [7, 11) is 0. The van der Waals surface area contributed by atoms with Crippen LogP contribution in [0.5, 0.6) is 0 Å². The summed E-state index contributed by atoms with van der Waals surface area (Å²) in [5, 5.41) is 0. The van der Waals surface area contributed by atoms with Crippen LogP contribution in [0.15, 0.2) is 36.4 Å². The zero-order chi connectivity index (χ0) is 12.4. The number of aryl methyl sites for hydroxylation is 1. The Balaban J connectivity index is 2.43. The SMILES string of the molecule is Cc1cc(N)c(Cc2ccccc2)c(C)c1C. The van der Waals surface area contributed by atoms with Crippen molar-refractivity contribution < 1.29 is 0 Å². The number of anilines is 1. The third-order valence-electron chi connectivity index (χ3n) is 3.55. The van der Waals surface area contributed by atoms with Gasteiger partial charge in [-0.3, -0.25) is 0 Å². The molecule has 0 spiro atoms. The van der Waals surface area contributed by atoms with Crippen LogP contribution in [0.4, 0.5) is 5.69 Å². The standard InChI is InChI=1S/C16H19N/c1-11-9-16(17)15(13(3)12(11)2)10-14-7-5-4-6-8-14/h4-9H,10,17H2,1-3H3. The van der Waals surface area contributed by atoms with Crippen LogP contribution in [0.25, 0.3) is 0 Å². The van der Waals surface area contributed by atoms with Crippen molar-refractivity contribution in [1.82, 2.24) is 0 Å². The summed E-state index contributed by atoms with van der Waals surface area (Å²) in [4.78, 5) is 0. The zero-order valence-electron chi connectivity index (χ0n) is 10.7. The molecule has 0 fully saturated rings. The number of hydrogen-bond donors (Lipinski definition) is 1. The molecule has 0 aromatic heterocycles. The van der Waals surface area contributed by atoms with E-state index in [-0.39, 0.29) is 0 Å². The maximum absolute atomic E-state index is 6.14. The van der Waals surface area contributed by atoms with E-state index in [0.29, 0.717) is 0 Å². The third kappa shape index (κ3) is 2.33. The Morgan fingerprint density at radius 1 is 0.941 bits per heavy atom. The highest BCUT2D eigenvalue weighted by Crippen LogP contribution is 2.26. The molecule has 1 nitrogen and oxygen atoms in total. The number of hydrogen-bond acceptors (Lipinski definition) is 1. The first kappa shape index (κ1) is 11.7. The molecule has 0 heterocycles. The molecule has 2 rings (SSSR count). The second-order valence-electron chi connectivity index (χ2n) is 4.67. The summed E-state index contributed by atoms with van der Waals surface area (Å²) < 4.78 is 0. The quantitative estimate of drug-likeness (QED) is 0.773. The van der Waals surface area contributed by atoms with E-state index >= 15 is 0 Å². The van der Waals surface area contributed by atoms with Gasteiger partial charge in [0.1, 0.15) is 0 Å². The van der Waals surface area contributed by atoms with Gasteiger partial charge in [-0.05, 0) is 61.1 Å². The fourth-order valence-electron chi connectivity index (χ4n) is 2.20. The van der Waals surface area contributed by atoms with Crippen LogP contribution in [0.3, 0.4) is 0 Å². The molecule has 2 aromatic rings. The molecule has 2 N–H and O–H groups in total. The Hall–Kier alpha value is -1.76. The normalized spacial score (nSPS) is 10.5. The van der Waals surface area contributed by atoms with Gasteiger partial charge in [0, 0.05) is 5.69 Å². The molecule has 0 unspecified atom stereocenters. The molecule has 1 heteroatoms. The van der Waals surface area contributed by atoms with E-state index in [1.165, 1.54) is 27.8 Å². The van der Waals surface area contributed by atoms with Gasteiger partial charge < -0.3 is 5.73 Å². The topological polar surface area (TPSA) is 26.0 Å². The number of benzene rings is 2. The number of nitrogen functional groups attached to an aromatic ring is 1. The summed E-state index contributed by atoms with van der Waals surface area (Å²) in [6.07, 6.45) is 0.916. The average molecular weight is 225 g/mol. The van der Waals surface area contributed by atoms with Crippen molar-refractivity contribution in [3.05, 3.63) is 64.2 Å². The van der Waals surface area contributed by atoms with Crippen LogP contribution in [0, 0.1) is 20.8 Å². The van der Waals surface area contributed by atoms with Crippen LogP contribution >= 0.6 is 0 Å². The summed E-state index contributed by atoms with van der Waals surface area (Å²) >= 11 is 0. The maximum Gasteiger partial charge on any atom is 0.0355 e. The molecule has 0 aliphatic heterocycles. The Labute approximate surface area is 103 Å². The van der Waals surface area contributed by atoms with Crippen LogP contribution in [0.2, 0.25) is 0 Å². The van der Waals surface area contributed by atoms with E-state index in [4.69, 9.17) is 5.73 Å². The molecule has 0 aliphatic rings. The van der Waals surface area contributed by atoms with Gasteiger partial charge in [-0.15, -0.1) is 0 Å². The highest BCUT2D eigenvalue weighted by atomic mass is 14.6. The van der Waals surface area contributed by atoms with Gasteiger partial charge in [-0.1, -0.05) is 30.3 Å². The molecule has 17 heavy (non-hydrogen) atoms. The van der Waals surface area contributed by atoms with Crippen LogP contribution < -0.4 is 5.73 Å². The highest BCUT2D eigenvalue weighted by molar-refractivity contribution is 5.57. The average Bonchev–Trinajstić information content (AvgIpc) is 2.33. The Bertz CT molecular complexity index is 527. The lowest BCUT2D eigenvalue weighted by molar-refractivity contribution is 1.13. The summed E-state index contributed by atoms with van der Waals surface area (Å²) in [5.41, 5.74) is 13.6. The van der Waals surface area contributed by atoms with E-state index in [2.05, 4.69) is 51.1 Å². The molecule has 0 saturated carbocycles. The monoisotopic (exact) mass is 225 g/mol. The Morgan fingerprint density at radius 2 is 1.59 bits per heavy atom. The number of rotatable bonds is 2. The second kappa shape index (κ2) is 4.62. The minimum Gasteiger partial charge on any atom is -0.398 e. The van der Waals surface area contributed by atoms with Crippen LogP contribution in [-0.4, -0.2) is 0 Å². The first-order valence-electron chi connectivity index (χ1n) is 5.98. The van der Waals surface area contributed by atoms with Crippen molar-refractivity contribution in [3.8, 4) is 0 Å². The highest BCUT2D eigenvalue weighted by Gasteiger charge is 2.09. The predicted molar refractivity (Wildman–Crippen MR) is 74.3 cm³/mol. The zero-order valence-corrected chi connectivity index (χ0v) is 10.7. The minimum atomic E-state index is 0.912. The van der Waals surface area contributed by atoms with Gasteiger partial charge in [-0.25, -0.2) is 0 Å². The third-order valence-corrected chi connectivity index (χ3v) is 3.55. The molecule has 0 atom stereocenters. The van der Waals surface area contributed by atoms with Gasteiger partial charge in [0.25, 0.3) is 0 Å². The molecular weight excluding hydrogens is 206 g/mol. The minimum absolute atomic E-state index is 0.912. The van der Waals surface area contributed by atoms with Crippen LogP contribution in [0.1, 0.15) is 27.8 Å². The Morgan fingerprint density at radius 3 is 2.24 bits per heavy atom. The molecular formula is C16H19N. The lowest BCUT2D eigenvalue weighted by Crippen LogP contribution is -2.02. The summed E-state index contributed by atoms with van der Waals surface area (Å²) in [6.45, 7) is 6.44. The fraction of sp³-hybridized carbons (Fsp3) is 0.250. The van der Waals surface area contributed by atoms with Crippen molar-refractivity contribution in [2.75, 3.05) is 5.73 Å². The summed E-state index contributed by atoms with van der Waals surface area (Å²) in [6, 6.07) is 12.6. The molecule has 0 amide bonds. The first-order chi connectivity index (χ1) is 8.09. The lowest BCUT2D eigenvalue weighted by Gasteiger charge is -2.14. The van der Waals surface area contributed by atoms with Crippen molar-refractivity contribution in [2.45, 2.75) is 27.2 Å². The smallest absolute Gasteiger partial charge is 0.0355 e.